The lowest BCUT2D eigenvalue weighted by atomic mass is 9.99. The van der Waals surface area contributed by atoms with Gasteiger partial charge < -0.3 is 20.9 Å². The fourth-order valence-electron chi connectivity index (χ4n) is 4.28. The van der Waals surface area contributed by atoms with E-state index in [2.05, 4.69) is 63.9 Å². The van der Waals surface area contributed by atoms with Crippen molar-refractivity contribution >= 4 is 41.5 Å². The highest BCUT2D eigenvalue weighted by molar-refractivity contribution is 14.0. The van der Waals surface area contributed by atoms with Crippen LogP contribution in [0.2, 0.25) is 0 Å². The standard InChI is InChI=1S/C24H40N6O.HI/c1-4-26-24(28-21-11-13-29(14-12-21)18-23(31)25-3)27-17-20-5-7-22(8-6-20)30-15-9-19(2)10-16-30;/h5-8,19,21H,4,9-18H2,1-3H3,(H,25,31)(H2,26,27,28);1H. The fraction of sp³-hybridized carbons (Fsp3) is 0.667. The van der Waals surface area contributed by atoms with Crippen LogP contribution in [0.4, 0.5) is 5.69 Å². The molecule has 2 aliphatic rings. The van der Waals surface area contributed by atoms with E-state index >= 15 is 0 Å². The third-order valence-electron chi connectivity index (χ3n) is 6.42. The summed E-state index contributed by atoms with van der Waals surface area (Å²) in [5.41, 5.74) is 2.56. The van der Waals surface area contributed by atoms with Crippen molar-refractivity contribution in [3.63, 3.8) is 0 Å². The number of nitrogens with zero attached hydrogens (tertiary/aromatic N) is 3. The Morgan fingerprint density at radius 2 is 1.72 bits per heavy atom. The molecule has 0 bridgehead atoms. The number of carbonyl (C=O) groups is 1. The molecular weight excluding hydrogens is 515 g/mol. The molecule has 0 aliphatic carbocycles. The lowest BCUT2D eigenvalue weighted by Gasteiger charge is -2.32. The van der Waals surface area contributed by atoms with Crippen LogP contribution >= 0.6 is 24.0 Å². The number of carbonyl (C=O) groups excluding carboxylic acids is 1. The van der Waals surface area contributed by atoms with Gasteiger partial charge in [-0.1, -0.05) is 19.1 Å². The molecular formula is C24H41IN6O. The number of benzene rings is 1. The quantitative estimate of drug-likeness (QED) is 0.274. The molecule has 8 heteroatoms. The van der Waals surface area contributed by atoms with Crippen LogP contribution in [0.3, 0.4) is 0 Å². The third-order valence-corrected chi connectivity index (χ3v) is 6.42. The number of halogens is 1. The van der Waals surface area contributed by atoms with Gasteiger partial charge in [0.25, 0.3) is 0 Å². The van der Waals surface area contributed by atoms with Crippen molar-refractivity contribution < 1.29 is 4.79 Å². The Morgan fingerprint density at radius 3 is 2.31 bits per heavy atom. The van der Waals surface area contributed by atoms with Crippen molar-refractivity contribution in [3.05, 3.63) is 29.8 Å². The maximum Gasteiger partial charge on any atom is 0.233 e. The van der Waals surface area contributed by atoms with Crippen LogP contribution in [-0.2, 0) is 11.3 Å². The molecule has 1 aromatic rings. The molecule has 1 amide bonds. The van der Waals surface area contributed by atoms with E-state index in [-0.39, 0.29) is 29.9 Å². The number of piperidine rings is 2. The minimum absolute atomic E-state index is 0. The van der Waals surface area contributed by atoms with Gasteiger partial charge in [-0.25, -0.2) is 4.99 Å². The Bertz CT molecular complexity index is 710. The summed E-state index contributed by atoms with van der Waals surface area (Å²) in [6, 6.07) is 9.28. The molecule has 3 rings (SSSR count). The predicted molar refractivity (Wildman–Crippen MR) is 144 cm³/mol. The summed E-state index contributed by atoms with van der Waals surface area (Å²) in [5, 5.41) is 9.66. The molecule has 2 fully saturated rings. The van der Waals surface area contributed by atoms with E-state index in [1.54, 1.807) is 7.05 Å². The van der Waals surface area contributed by atoms with Crippen molar-refractivity contribution in [2.24, 2.45) is 10.9 Å². The van der Waals surface area contributed by atoms with E-state index in [0.29, 0.717) is 19.1 Å². The summed E-state index contributed by atoms with van der Waals surface area (Å²) in [5.74, 6) is 1.81. The highest BCUT2D eigenvalue weighted by atomic mass is 127. The lowest BCUT2D eigenvalue weighted by Crippen LogP contribution is -2.50. The number of anilines is 1. The van der Waals surface area contributed by atoms with Crippen LogP contribution in [0.25, 0.3) is 0 Å². The van der Waals surface area contributed by atoms with Crippen molar-refractivity contribution in [1.29, 1.82) is 0 Å². The number of amides is 1. The maximum atomic E-state index is 11.6. The minimum atomic E-state index is 0. The van der Waals surface area contributed by atoms with Crippen molar-refractivity contribution in [2.75, 3.05) is 51.2 Å². The molecule has 0 spiro atoms. The van der Waals surface area contributed by atoms with Crippen LogP contribution in [0.15, 0.2) is 29.3 Å². The average molecular weight is 557 g/mol. The molecule has 32 heavy (non-hydrogen) atoms. The molecule has 7 nitrogen and oxygen atoms in total. The highest BCUT2D eigenvalue weighted by Crippen LogP contribution is 2.23. The van der Waals surface area contributed by atoms with Crippen molar-refractivity contribution in [3.8, 4) is 0 Å². The number of nitrogens with one attached hydrogen (secondary N) is 3. The number of guanidine groups is 1. The number of aliphatic imine (C=N–C) groups is 1. The number of hydrogen-bond donors (Lipinski definition) is 3. The zero-order chi connectivity index (χ0) is 22.1. The van der Waals surface area contributed by atoms with Crippen LogP contribution in [0.5, 0.6) is 0 Å². The molecule has 3 N–H and O–H groups in total. The first kappa shape index (κ1) is 26.7. The van der Waals surface area contributed by atoms with Crippen LogP contribution < -0.4 is 20.9 Å². The van der Waals surface area contributed by atoms with Gasteiger partial charge in [-0.15, -0.1) is 24.0 Å². The summed E-state index contributed by atoms with van der Waals surface area (Å²) < 4.78 is 0. The summed E-state index contributed by atoms with van der Waals surface area (Å²) in [4.78, 5) is 21.1. The number of hydrogen-bond acceptors (Lipinski definition) is 4. The fourth-order valence-corrected chi connectivity index (χ4v) is 4.28. The summed E-state index contributed by atoms with van der Waals surface area (Å²) in [6.45, 7) is 10.6. The molecule has 0 atom stereocenters. The number of likely N-dealkylation sites (N-methyl/N-ethyl adjacent to an activating group) is 1. The van der Waals surface area contributed by atoms with Gasteiger partial charge in [0, 0.05) is 51.5 Å². The zero-order valence-corrected chi connectivity index (χ0v) is 22.2. The molecule has 2 heterocycles. The number of rotatable bonds is 7. The van der Waals surface area contributed by atoms with E-state index in [4.69, 9.17) is 4.99 Å². The molecule has 0 aromatic heterocycles. The second-order valence-corrected chi connectivity index (χ2v) is 8.90. The topological polar surface area (TPSA) is 72.0 Å². The number of likely N-dealkylation sites (tertiary alicyclic amines) is 1. The molecule has 180 valence electrons. The third kappa shape index (κ3) is 8.42. The van der Waals surface area contributed by atoms with Gasteiger partial charge >= 0.3 is 0 Å². The Morgan fingerprint density at radius 1 is 1.06 bits per heavy atom. The molecule has 2 saturated heterocycles. The van der Waals surface area contributed by atoms with E-state index < -0.39 is 0 Å². The maximum absolute atomic E-state index is 11.6. The van der Waals surface area contributed by atoms with Gasteiger partial charge in [-0.05, 0) is 56.2 Å². The first-order valence-corrected chi connectivity index (χ1v) is 11.9. The zero-order valence-electron chi connectivity index (χ0n) is 19.9. The summed E-state index contributed by atoms with van der Waals surface area (Å²) in [6.07, 6.45) is 4.61. The van der Waals surface area contributed by atoms with Gasteiger partial charge in [0.1, 0.15) is 0 Å². The SMILES string of the molecule is CCNC(=NCc1ccc(N2CCC(C)CC2)cc1)NC1CCN(CC(=O)NC)CC1.I. The second-order valence-electron chi connectivity index (χ2n) is 8.90. The van der Waals surface area contributed by atoms with E-state index in [9.17, 15) is 4.79 Å². The minimum Gasteiger partial charge on any atom is -0.372 e. The van der Waals surface area contributed by atoms with Gasteiger partial charge in [0.2, 0.25) is 5.91 Å². The Labute approximate surface area is 210 Å². The predicted octanol–water partition coefficient (Wildman–Crippen LogP) is 2.81. The van der Waals surface area contributed by atoms with Gasteiger partial charge in [0.15, 0.2) is 5.96 Å². The molecule has 0 radical (unpaired) electrons. The van der Waals surface area contributed by atoms with E-state index in [1.807, 2.05) is 0 Å². The Hall–Kier alpha value is -1.55. The molecule has 0 unspecified atom stereocenters. The van der Waals surface area contributed by atoms with E-state index in [1.165, 1.54) is 24.1 Å². The van der Waals surface area contributed by atoms with Crippen LogP contribution in [-0.4, -0.2) is 69.1 Å². The Balaban J connectivity index is 0.00000363. The van der Waals surface area contributed by atoms with Crippen LogP contribution in [0, 0.1) is 5.92 Å². The van der Waals surface area contributed by atoms with E-state index in [0.717, 1.165) is 57.4 Å². The monoisotopic (exact) mass is 556 g/mol. The second kappa shape index (κ2) is 13.9. The average Bonchev–Trinajstić information content (AvgIpc) is 2.80. The molecule has 1 aromatic carbocycles. The van der Waals surface area contributed by atoms with Gasteiger partial charge in [-0.2, -0.15) is 0 Å². The van der Waals surface area contributed by atoms with Gasteiger partial charge in [-0.3, -0.25) is 9.69 Å². The summed E-state index contributed by atoms with van der Waals surface area (Å²) >= 11 is 0. The van der Waals surface area contributed by atoms with Crippen LogP contribution in [0.1, 0.15) is 45.1 Å². The Kier molecular flexibility index (Phi) is 11.6. The highest BCUT2D eigenvalue weighted by Gasteiger charge is 2.21. The van der Waals surface area contributed by atoms with Crippen molar-refractivity contribution in [1.82, 2.24) is 20.9 Å². The molecule has 0 saturated carbocycles. The smallest absolute Gasteiger partial charge is 0.233 e. The lowest BCUT2D eigenvalue weighted by molar-refractivity contribution is -0.122. The summed E-state index contributed by atoms with van der Waals surface area (Å²) in [7, 11) is 1.69. The molecule has 2 aliphatic heterocycles. The van der Waals surface area contributed by atoms with Gasteiger partial charge in [0.05, 0.1) is 13.1 Å². The first-order valence-electron chi connectivity index (χ1n) is 11.9. The first-order chi connectivity index (χ1) is 15.1. The largest absolute Gasteiger partial charge is 0.372 e. The van der Waals surface area contributed by atoms with Crippen molar-refractivity contribution in [2.45, 2.75) is 52.1 Å². The normalized spacial score (nSPS) is 18.7.